The highest BCUT2D eigenvalue weighted by atomic mass is 32.2. The predicted octanol–water partition coefficient (Wildman–Crippen LogP) is 4.65. The van der Waals surface area contributed by atoms with Crippen molar-refractivity contribution in [1.82, 2.24) is 14.8 Å². The third-order valence-corrected chi connectivity index (χ3v) is 6.69. The number of rotatable bonds is 7. The first-order chi connectivity index (χ1) is 16.4. The average molecular weight is 486 g/mol. The highest BCUT2D eigenvalue weighted by molar-refractivity contribution is 8.01. The first kappa shape index (κ1) is 23.9. The van der Waals surface area contributed by atoms with Crippen molar-refractivity contribution in [1.29, 1.82) is 0 Å². The Morgan fingerprint density at radius 2 is 1.79 bits per heavy atom. The van der Waals surface area contributed by atoms with Gasteiger partial charge in [0, 0.05) is 24.3 Å². The zero-order valence-corrected chi connectivity index (χ0v) is 19.5. The fraction of sp³-hybridized carbons (Fsp3) is 0.333. The number of aryl methyl sites for hydroxylation is 1. The molecule has 0 fully saturated rings. The molecule has 34 heavy (non-hydrogen) atoms. The van der Waals surface area contributed by atoms with Crippen LogP contribution in [-0.2, 0) is 22.6 Å². The molecular formula is C24H25F2N5O2S. The predicted molar refractivity (Wildman–Crippen MR) is 129 cm³/mol. The molecular weight excluding hydrogens is 460 g/mol. The molecule has 0 saturated carbocycles. The first-order valence-electron chi connectivity index (χ1n) is 11.1. The Hall–Kier alpha value is -3.27. The molecule has 0 saturated heterocycles. The molecule has 1 aliphatic heterocycles. The summed E-state index contributed by atoms with van der Waals surface area (Å²) in [6, 6.07) is 9.81. The molecule has 2 amide bonds. The standard InChI is InChI=1S/C24H25F2N5O2S/c1-15(34-14-22(32)27-17-8-6-16(25)7-9-17)24(33)28-18-10-11-20(26)19(13-18)23-30-29-21-5-3-2-4-12-31(21)23/h6-11,13,15H,2-5,12,14H2,1H3,(H,27,32)(H,28,33). The molecule has 1 unspecified atom stereocenters. The number of aromatic nitrogens is 3. The van der Waals surface area contributed by atoms with Crippen LogP contribution < -0.4 is 10.6 Å². The molecule has 2 heterocycles. The second kappa shape index (κ2) is 10.8. The smallest absolute Gasteiger partial charge is 0.237 e. The monoisotopic (exact) mass is 485 g/mol. The minimum Gasteiger partial charge on any atom is -0.325 e. The van der Waals surface area contributed by atoms with Crippen LogP contribution >= 0.6 is 11.8 Å². The number of hydrogen-bond donors (Lipinski definition) is 2. The van der Waals surface area contributed by atoms with Gasteiger partial charge in [0.25, 0.3) is 0 Å². The third kappa shape index (κ3) is 5.80. The molecule has 2 aromatic carbocycles. The van der Waals surface area contributed by atoms with Crippen LogP contribution in [0.2, 0.25) is 0 Å². The van der Waals surface area contributed by atoms with E-state index in [2.05, 4.69) is 20.8 Å². The summed E-state index contributed by atoms with van der Waals surface area (Å²) in [5.41, 5.74) is 1.21. The lowest BCUT2D eigenvalue weighted by atomic mass is 10.1. The maximum Gasteiger partial charge on any atom is 0.237 e. The van der Waals surface area contributed by atoms with Gasteiger partial charge in [0.1, 0.15) is 17.5 Å². The SMILES string of the molecule is CC(SCC(=O)Nc1ccc(F)cc1)C(=O)Nc1ccc(F)c(-c2nnc3n2CCCCC3)c1. The number of fused-ring (bicyclic) bond motifs is 1. The van der Waals surface area contributed by atoms with Crippen molar-refractivity contribution in [3.8, 4) is 11.4 Å². The van der Waals surface area contributed by atoms with Crippen molar-refractivity contribution in [3.63, 3.8) is 0 Å². The summed E-state index contributed by atoms with van der Waals surface area (Å²) >= 11 is 1.16. The van der Waals surface area contributed by atoms with Gasteiger partial charge in [0.2, 0.25) is 11.8 Å². The minimum absolute atomic E-state index is 0.0481. The van der Waals surface area contributed by atoms with E-state index in [-0.39, 0.29) is 28.9 Å². The van der Waals surface area contributed by atoms with Crippen LogP contribution in [-0.4, -0.2) is 37.6 Å². The van der Waals surface area contributed by atoms with Gasteiger partial charge >= 0.3 is 0 Å². The lowest BCUT2D eigenvalue weighted by molar-refractivity contribution is -0.115. The van der Waals surface area contributed by atoms with Crippen LogP contribution in [0.3, 0.4) is 0 Å². The Labute approximate surface area is 200 Å². The summed E-state index contributed by atoms with van der Waals surface area (Å²) in [5.74, 6) is -0.0639. The number of nitrogens with zero attached hydrogens (tertiary/aromatic N) is 3. The van der Waals surface area contributed by atoms with E-state index in [1.807, 2.05) is 4.57 Å². The Morgan fingerprint density at radius 3 is 2.59 bits per heavy atom. The summed E-state index contributed by atoms with van der Waals surface area (Å²) in [6.45, 7) is 2.43. The van der Waals surface area contributed by atoms with Crippen molar-refractivity contribution in [2.75, 3.05) is 16.4 Å². The first-order valence-corrected chi connectivity index (χ1v) is 12.2. The molecule has 2 N–H and O–H groups in total. The molecule has 0 aliphatic carbocycles. The van der Waals surface area contributed by atoms with E-state index in [1.54, 1.807) is 13.0 Å². The number of anilines is 2. The van der Waals surface area contributed by atoms with Crippen LogP contribution in [0, 0.1) is 11.6 Å². The third-order valence-electron chi connectivity index (χ3n) is 5.55. The van der Waals surface area contributed by atoms with Crippen molar-refractivity contribution < 1.29 is 18.4 Å². The fourth-order valence-electron chi connectivity index (χ4n) is 3.71. The number of hydrogen-bond acceptors (Lipinski definition) is 5. The molecule has 4 rings (SSSR count). The minimum atomic E-state index is -0.531. The Balaban J connectivity index is 1.37. The lowest BCUT2D eigenvalue weighted by Crippen LogP contribution is -2.25. The van der Waals surface area contributed by atoms with Gasteiger partial charge in [-0.05, 0) is 62.2 Å². The number of amides is 2. The van der Waals surface area contributed by atoms with Gasteiger partial charge in [-0.1, -0.05) is 6.42 Å². The van der Waals surface area contributed by atoms with Crippen LogP contribution in [0.4, 0.5) is 20.2 Å². The highest BCUT2D eigenvalue weighted by Crippen LogP contribution is 2.28. The van der Waals surface area contributed by atoms with Crippen LogP contribution in [0.1, 0.15) is 32.0 Å². The zero-order chi connectivity index (χ0) is 24.1. The highest BCUT2D eigenvalue weighted by Gasteiger charge is 2.20. The van der Waals surface area contributed by atoms with Gasteiger partial charge in [-0.3, -0.25) is 9.59 Å². The van der Waals surface area contributed by atoms with E-state index in [9.17, 15) is 18.4 Å². The van der Waals surface area contributed by atoms with Gasteiger partial charge in [-0.2, -0.15) is 0 Å². The van der Waals surface area contributed by atoms with E-state index >= 15 is 0 Å². The second-order valence-electron chi connectivity index (χ2n) is 8.09. The number of carbonyl (C=O) groups excluding carboxylic acids is 2. The van der Waals surface area contributed by atoms with Crippen molar-refractivity contribution in [2.24, 2.45) is 0 Å². The van der Waals surface area contributed by atoms with Crippen LogP contribution in [0.15, 0.2) is 42.5 Å². The number of benzene rings is 2. The van der Waals surface area contributed by atoms with E-state index < -0.39 is 11.1 Å². The Kier molecular flexibility index (Phi) is 7.56. The number of thioether (sulfide) groups is 1. The molecule has 10 heteroatoms. The largest absolute Gasteiger partial charge is 0.325 e. The lowest BCUT2D eigenvalue weighted by Gasteiger charge is -2.14. The molecule has 1 aliphatic rings. The van der Waals surface area contributed by atoms with Crippen LogP contribution in [0.25, 0.3) is 11.4 Å². The number of halogens is 2. The molecule has 1 atom stereocenters. The van der Waals surface area contributed by atoms with Gasteiger partial charge in [0.15, 0.2) is 5.82 Å². The summed E-state index contributed by atoms with van der Waals surface area (Å²) in [6.07, 6.45) is 3.93. The second-order valence-corrected chi connectivity index (χ2v) is 9.42. The molecule has 0 spiro atoms. The van der Waals surface area contributed by atoms with Gasteiger partial charge in [-0.25, -0.2) is 8.78 Å². The normalized spacial score (nSPS) is 14.1. The molecule has 0 radical (unpaired) electrons. The summed E-state index contributed by atoms with van der Waals surface area (Å²) in [7, 11) is 0. The zero-order valence-electron chi connectivity index (χ0n) is 18.7. The van der Waals surface area contributed by atoms with E-state index in [0.717, 1.165) is 49.8 Å². The maximum absolute atomic E-state index is 14.6. The topological polar surface area (TPSA) is 88.9 Å². The van der Waals surface area contributed by atoms with E-state index in [1.165, 1.54) is 36.4 Å². The molecule has 178 valence electrons. The summed E-state index contributed by atoms with van der Waals surface area (Å²) < 4.78 is 29.6. The van der Waals surface area contributed by atoms with E-state index in [0.29, 0.717) is 17.2 Å². The Morgan fingerprint density at radius 1 is 1.03 bits per heavy atom. The van der Waals surface area contributed by atoms with Crippen molar-refractivity contribution >= 4 is 35.0 Å². The summed E-state index contributed by atoms with van der Waals surface area (Å²) in [4.78, 5) is 24.8. The quantitative estimate of drug-likeness (QED) is 0.509. The van der Waals surface area contributed by atoms with Crippen molar-refractivity contribution in [2.45, 2.75) is 44.4 Å². The average Bonchev–Trinajstić information content (AvgIpc) is 3.07. The molecule has 0 bridgehead atoms. The Bertz CT molecular complexity index is 1180. The maximum atomic E-state index is 14.6. The van der Waals surface area contributed by atoms with Gasteiger partial charge in [-0.15, -0.1) is 22.0 Å². The van der Waals surface area contributed by atoms with Gasteiger partial charge < -0.3 is 15.2 Å². The number of carbonyl (C=O) groups is 2. The molecule has 7 nitrogen and oxygen atoms in total. The van der Waals surface area contributed by atoms with Crippen LogP contribution in [0.5, 0.6) is 0 Å². The van der Waals surface area contributed by atoms with E-state index in [4.69, 9.17) is 0 Å². The molecule has 3 aromatic rings. The summed E-state index contributed by atoms with van der Waals surface area (Å²) in [5, 5.41) is 13.3. The molecule has 1 aromatic heterocycles. The van der Waals surface area contributed by atoms with Crippen molar-refractivity contribution in [3.05, 3.63) is 59.9 Å². The number of nitrogens with one attached hydrogen (secondary N) is 2. The van der Waals surface area contributed by atoms with Gasteiger partial charge in [0.05, 0.1) is 16.6 Å². The fourth-order valence-corrected chi connectivity index (χ4v) is 4.39.